The second-order valence-electron chi connectivity index (χ2n) is 8.19. The highest BCUT2D eigenvalue weighted by Gasteiger charge is 2.38. The summed E-state index contributed by atoms with van der Waals surface area (Å²) in [5, 5.41) is 12.1. The molecular weight excluding hydrogens is 458 g/mol. The lowest BCUT2D eigenvalue weighted by atomic mass is 10.0. The zero-order valence-electron chi connectivity index (χ0n) is 19.6. The van der Waals surface area contributed by atoms with Gasteiger partial charge in [0.1, 0.15) is 11.0 Å². The molecule has 7 nitrogen and oxygen atoms in total. The minimum atomic E-state index is -0.459. The quantitative estimate of drug-likeness (QED) is 0.370. The van der Waals surface area contributed by atoms with Crippen LogP contribution in [0.5, 0.6) is 5.75 Å². The summed E-state index contributed by atoms with van der Waals surface area (Å²) in [6.45, 7) is 4.67. The van der Waals surface area contributed by atoms with Gasteiger partial charge in [-0.25, -0.2) is 4.68 Å². The Morgan fingerprint density at radius 3 is 2.43 bits per heavy atom. The number of carbonyl (C=O) groups is 1. The molecule has 5 rings (SSSR count). The smallest absolute Gasteiger partial charge is 0.240 e. The van der Waals surface area contributed by atoms with E-state index in [0.29, 0.717) is 17.6 Å². The van der Waals surface area contributed by atoms with Gasteiger partial charge in [-0.05, 0) is 48.7 Å². The van der Waals surface area contributed by atoms with Crippen molar-refractivity contribution in [2.24, 2.45) is 0 Å². The van der Waals surface area contributed by atoms with Gasteiger partial charge in [0, 0.05) is 11.3 Å². The third-order valence-electron chi connectivity index (χ3n) is 5.91. The van der Waals surface area contributed by atoms with Crippen molar-refractivity contribution in [3.63, 3.8) is 0 Å². The number of aryl methyl sites for hydroxylation is 1. The van der Waals surface area contributed by atoms with Crippen molar-refractivity contribution >= 4 is 23.4 Å². The second-order valence-corrected chi connectivity index (χ2v) is 9.30. The SMILES string of the molecule is CCOc1ccc([C@@H]2Nn3c(nnc3-c3ccccc3)S[C@H]2C(=O)Nc2ccc(CC)cc2)cc1. The first-order chi connectivity index (χ1) is 17.2. The van der Waals surface area contributed by atoms with Gasteiger partial charge in [-0.1, -0.05) is 73.3 Å². The van der Waals surface area contributed by atoms with Crippen LogP contribution in [0.2, 0.25) is 0 Å². The number of carbonyl (C=O) groups excluding carboxylic acids is 1. The lowest BCUT2D eigenvalue weighted by molar-refractivity contribution is -0.116. The van der Waals surface area contributed by atoms with Crippen LogP contribution in [0.4, 0.5) is 5.69 Å². The minimum Gasteiger partial charge on any atom is -0.494 e. The molecule has 0 radical (unpaired) electrons. The van der Waals surface area contributed by atoms with Crippen molar-refractivity contribution in [3.8, 4) is 17.1 Å². The maximum absolute atomic E-state index is 13.5. The summed E-state index contributed by atoms with van der Waals surface area (Å²) < 4.78 is 7.49. The number of hydrogen-bond donors (Lipinski definition) is 2. The second kappa shape index (κ2) is 10.2. The molecule has 35 heavy (non-hydrogen) atoms. The maximum Gasteiger partial charge on any atom is 0.240 e. The number of nitrogens with zero attached hydrogens (tertiary/aromatic N) is 3. The van der Waals surface area contributed by atoms with Gasteiger partial charge < -0.3 is 15.5 Å². The van der Waals surface area contributed by atoms with Crippen LogP contribution in [0, 0.1) is 0 Å². The molecule has 3 aromatic carbocycles. The van der Waals surface area contributed by atoms with Crippen LogP contribution < -0.4 is 15.5 Å². The normalized spacial score (nSPS) is 16.7. The van der Waals surface area contributed by atoms with Crippen molar-refractivity contribution in [1.82, 2.24) is 14.9 Å². The summed E-state index contributed by atoms with van der Waals surface area (Å²) in [5.41, 5.74) is 7.44. The molecule has 8 heteroatoms. The van der Waals surface area contributed by atoms with Crippen molar-refractivity contribution in [1.29, 1.82) is 0 Å². The number of fused-ring (bicyclic) bond motifs is 1. The standard InChI is InChI=1S/C27H27N5O2S/c1-3-18-10-14-21(15-11-18)28-26(33)24-23(19-12-16-22(17-13-19)34-4-2)31-32-25(29-30-27(32)35-24)20-8-6-5-7-9-20/h5-17,23-24,31H,3-4H2,1-2H3,(H,28,33)/t23-,24+/m0/s1. The molecule has 1 aliphatic rings. The van der Waals surface area contributed by atoms with Gasteiger partial charge in [0.15, 0.2) is 5.82 Å². The van der Waals surface area contributed by atoms with E-state index in [1.807, 2.05) is 90.5 Å². The topological polar surface area (TPSA) is 81.1 Å². The number of anilines is 1. The first-order valence-corrected chi connectivity index (χ1v) is 12.6. The molecule has 0 bridgehead atoms. The number of rotatable bonds is 7. The fourth-order valence-electron chi connectivity index (χ4n) is 4.05. The first-order valence-electron chi connectivity index (χ1n) is 11.7. The lowest BCUT2D eigenvalue weighted by Gasteiger charge is -2.33. The minimum absolute atomic E-state index is 0.0962. The Balaban J connectivity index is 1.47. The summed E-state index contributed by atoms with van der Waals surface area (Å²) in [5.74, 6) is 1.41. The highest BCUT2D eigenvalue weighted by molar-refractivity contribution is 8.00. The Hall–Kier alpha value is -3.78. The Morgan fingerprint density at radius 1 is 1.00 bits per heavy atom. The molecule has 2 atom stereocenters. The summed E-state index contributed by atoms with van der Waals surface area (Å²) >= 11 is 1.41. The molecule has 0 saturated carbocycles. The van der Waals surface area contributed by atoms with Crippen molar-refractivity contribution in [3.05, 3.63) is 90.0 Å². The van der Waals surface area contributed by atoms with Crippen LogP contribution >= 0.6 is 11.8 Å². The highest BCUT2D eigenvalue weighted by Crippen LogP contribution is 2.39. The van der Waals surface area contributed by atoms with Gasteiger partial charge in [-0.3, -0.25) is 4.79 Å². The maximum atomic E-state index is 13.5. The molecule has 0 unspecified atom stereocenters. The van der Waals surface area contributed by atoms with Gasteiger partial charge in [0.05, 0.1) is 12.6 Å². The Labute approximate surface area is 208 Å². The lowest BCUT2D eigenvalue weighted by Crippen LogP contribution is -2.41. The van der Waals surface area contributed by atoms with E-state index in [1.54, 1.807) is 0 Å². The zero-order valence-corrected chi connectivity index (χ0v) is 20.5. The molecular formula is C27H27N5O2S. The average molecular weight is 486 g/mol. The molecule has 0 saturated heterocycles. The number of nitrogens with one attached hydrogen (secondary N) is 2. The number of aromatic nitrogens is 3. The third-order valence-corrected chi connectivity index (χ3v) is 7.12. The van der Waals surface area contributed by atoms with Gasteiger partial charge >= 0.3 is 0 Å². The number of thioether (sulfide) groups is 1. The van der Waals surface area contributed by atoms with Gasteiger partial charge in [-0.15, -0.1) is 10.2 Å². The molecule has 0 fully saturated rings. The monoisotopic (exact) mass is 485 g/mol. The molecule has 1 aromatic heterocycles. The van der Waals surface area contributed by atoms with E-state index in [1.165, 1.54) is 17.3 Å². The molecule has 1 amide bonds. The van der Waals surface area contributed by atoms with E-state index in [2.05, 4.69) is 27.9 Å². The Bertz CT molecular complexity index is 1290. The van der Waals surface area contributed by atoms with Crippen molar-refractivity contribution < 1.29 is 9.53 Å². The van der Waals surface area contributed by atoms with Gasteiger partial charge in [0.25, 0.3) is 0 Å². The molecule has 1 aliphatic heterocycles. The molecule has 0 spiro atoms. The molecule has 0 aliphatic carbocycles. The average Bonchev–Trinajstić information content (AvgIpc) is 3.32. The zero-order chi connectivity index (χ0) is 24.2. The van der Waals surface area contributed by atoms with E-state index < -0.39 is 5.25 Å². The Morgan fingerprint density at radius 2 is 1.74 bits per heavy atom. The summed E-state index contributed by atoms with van der Waals surface area (Å²) in [7, 11) is 0. The first kappa shape index (κ1) is 23.0. The van der Waals surface area contributed by atoms with Crippen LogP contribution in [0.3, 0.4) is 0 Å². The van der Waals surface area contributed by atoms with E-state index in [-0.39, 0.29) is 11.9 Å². The fraction of sp³-hybridized carbons (Fsp3) is 0.222. The number of ether oxygens (including phenoxy) is 1. The number of amides is 1. The van der Waals surface area contributed by atoms with Crippen LogP contribution in [0.1, 0.15) is 31.0 Å². The largest absolute Gasteiger partial charge is 0.494 e. The Kier molecular flexibility index (Phi) is 6.72. The van der Waals surface area contributed by atoms with Crippen LogP contribution in [-0.2, 0) is 11.2 Å². The molecule has 178 valence electrons. The van der Waals surface area contributed by atoms with E-state index >= 15 is 0 Å². The van der Waals surface area contributed by atoms with E-state index in [4.69, 9.17) is 4.74 Å². The van der Waals surface area contributed by atoms with Gasteiger partial charge in [0.2, 0.25) is 11.1 Å². The third kappa shape index (κ3) is 4.88. The van der Waals surface area contributed by atoms with E-state index in [0.717, 1.165) is 29.0 Å². The van der Waals surface area contributed by atoms with Crippen LogP contribution in [-0.4, -0.2) is 32.6 Å². The van der Waals surface area contributed by atoms with Crippen molar-refractivity contribution in [2.45, 2.75) is 36.7 Å². The number of benzene rings is 3. The number of hydrogen-bond acceptors (Lipinski definition) is 6. The van der Waals surface area contributed by atoms with Crippen LogP contribution in [0.25, 0.3) is 11.4 Å². The van der Waals surface area contributed by atoms with Gasteiger partial charge in [-0.2, -0.15) is 0 Å². The molecule has 4 aromatic rings. The van der Waals surface area contributed by atoms with Crippen molar-refractivity contribution in [2.75, 3.05) is 17.3 Å². The molecule has 2 N–H and O–H groups in total. The summed E-state index contributed by atoms with van der Waals surface area (Å²) in [4.78, 5) is 13.5. The fourth-order valence-corrected chi connectivity index (χ4v) is 5.13. The predicted molar refractivity (Wildman–Crippen MR) is 139 cm³/mol. The highest BCUT2D eigenvalue weighted by atomic mass is 32.2. The van der Waals surface area contributed by atoms with E-state index in [9.17, 15) is 4.79 Å². The summed E-state index contributed by atoms with van der Waals surface area (Å²) in [6, 6.07) is 25.4. The molecule has 2 heterocycles. The summed E-state index contributed by atoms with van der Waals surface area (Å²) in [6.07, 6.45) is 0.954. The van der Waals surface area contributed by atoms with Crippen LogP contribution in [0.15, 0.2) is 84.0 Å². The predicted octanol–water partition coefficient (Wildman–Crippen LogP) is 5.30.